The van der Waals surface area contributed by atoms with Crippen LogP contribution in [-0.2, 0) is 0 Å². The van der Waals surface area contributed by atoms with Crippen LogP contribution in [0.5, 0.6) is 5.75 Å². The summed E-state index contributed by atoms with van der Waals surface area (Å²) in [5, 5.41) is 2.92. The summed E-state index contributed by atoms with van der Waals surface area (Å²) in [6, 6.07) is 5.19. The third-order valence-corrected chi connectivity index (χ3v) is 3.29. The fourth-order valence-corrected chi connectivity index (χ4v) is 1.91. The molecule has 4 nitrogen and oxygen atoms in total. The molecule has 0 aliphatic carbocycles. The summed E-state index contributed by atoms with van der Waals surface area (Å²) in [4.78, 5) is 12.1. The number of nitrogens with one attached hydrogen (secondary N) is 1. The van der Waals surface area contributed by atoms with E-state index in [2.05, 4.69) is 26.1 Å². The first kappa shape index (κ1) is 17.3. The molecule has 0 bridgehead atoms. The van der Waals surface area contributed by atoms with Crippen molar-refractivity contribution in [2.24, 2.45) is 5.92 Å². The molecule has 1 aromatic carbocycles. The highest BCUT2D eigenvalue weighted by atomic mass is 16.5. The Morgan fingerprint density at radius 1 is 1.33 bits per heavy atom. The van der Waals surface area contributed by atoms with Gasteiger partial charge < -0.3 is 15.8 Å². The highest BCUT2D eigenvalue weighted by molar-refractivity contribution is 5.95. The normalized spacial score (nSPS) is 10.7. The zero-order chi connectivity index (χ0) is 15.7. The van der Waals surface area contributed by atoms with Crippen molar-refractivity contribution >= 4 is 11.6 Å². The van der Waals surface area contributed by atoms with E-state index in [1.807, 2.05) is 0 Å². The van der Waals surface area contributed by atoms with Crippen LogP contribution < -0.4 is 15.8 Å². The maximum Gasteiger partial charge on any atom is 0.251 e. The molecular formula is C17H28N2O2. The predicted molar refractivity (Wildman–Crippen MR) is 87.7 cm³/mol. The van der Waals surface area contributed by atoms with Gasteiger partial charge in [-0.2, -0.15) is 0 Å². The zero-order valence-corrected chi connectivity index (χ0v) is 13.4. The fourth-order valence-electron chi connectivity index (χ4n) is 1.91. The van der Waals surface area contributed by atoms with E-state index in [0.29, 0.717) is 36.1 Å². The smallest absolute Gasteiger partial charge is 0.251 e. The Morgan fingerprint density at radius 3 is 2.76 bits per heavy atom. The second-order valence-corrected chi connectivity index (χ2v) is 5.75. The van der Waals surface area contributed by atoms with Gasteiger partial charge in [0.15, 0.2) is 0 Å². The number of carbonyl (C=O) groups is 1. The summed E-state index contributed by atoms with van der Waals surface area (Å²) in [6.45, 7) is 7.75. The Morgan fingerprint density at radius 2 is 2.10 bits per heavy atom. The molecule has 1 rings (SSSR count). The quantitative estimate of drug-likeness (QED) is 0.540. The lowest BCUT2D eigenvalue weighted by atomic mass is 10.1. The predicted octanol–water partition coefficient (Wildman–Crippen LogP) is 3.61. The minimum Gasteiger partial charge on any atom is -0.491 e. The Bertz CT molecular complexity index is 444. The molecule has 1 aromatic rings. The van der Waals surface area contributed by atoms with Gasteiger partial charge in [0.2, 0.25) is 0 Å². The first-order chi connectivity index (χ1) is 10.0. The third kappa shape index (κ3) is 6.52. The van der Waals surface area contributed by atoms with Crippen LogP contribution in [0.2, 0.25) is 0 Å². The van der Waals surface area contributed by atoms with E-state index in [4.69, 9.17) is 10.5 Å². The highest BCUT2D eigenvalue weighted by Crippen LogP contribution is 2.23. The lowest BCUT2D eigenvalue weighted by Gasteiger charge is -2.11. The van der Waals surface area contributed by atoms with E-state index in [-0.39, 0.29) is 5.91 Å². The maximum atomic E-state index is 12.1. The van der Waals surface area contributed by atoms with E-state index in [1.54, 1.807) is 18.2 Å². The first-order valence-electron chi connectivity index (χ1n) is 7.85. The van der Waals surface area contributed by atoms with Crippen molar-refractivity contribution in [3.63, 3.8) is 0 Å². The van der Waals surface area contributed by atoms with E-state index < -0.39 is 0 Å². The van der Waals surface area contributed by atoms with Crippen LogP contribution in [0.25, 0.3) is 0 Å². The molecule has 0 heterocycles. The van der Waals surface area contributed by atoms with Crippen molar-refractivity contribution in [1.29, 1.82) is 0 Å². The standard InChI is InChI=1S/C17H28N2O2/c1-4-5-6-11-21-16-12-14(7-8-15(16)18)17(20)19-10-9-13(2)3/h7-8,12-13H,4-6,9-11,18H2,1-3H3,(H,19,20). The van der Waals surface area contributed by atoms with E-state index in [1.165, 1.54) is 0 Å². The second-order valence-electron chi connectivity index (χ2n) is 5.75. The SMILES string of the molecule is CCCCCOc1cc(C(=O)NCCC(C)C)ccc1N. The van der Waals surface area contributed by atoms with Gasteiger partial charge in [0.25, 0.3) is 5.91 Å². The van der Waals surface area contributed by atoms with Crippen molar-refractivity contribution in [2.45, 2.75) is 46.5 Å². The van der Waals surface area contributed by atoms with Gasteiger partial charge in [-0.1, -0.05) is 33.6 Å². The average molecular weight is 292 g/mol. The summed E-state index contributed by atoms with van der Waals surface area (Å²) >= 11 is 0. The van der Waals surface area contributed by atoms with Gasteiger partial charge in [-0.25, -0.2) is 0 Å². The van der Waals surface area contributed by atoms with Gasteiger partial charge in [0.05, 0.1) is 12.3 Å². The third-order valence-electron chi connectivity index (χ3n) is 3.29. The van der Waals surface area contributed by atoms with Gasteiger partial charge in [-0.15, -0.1) is 0 Å². The number of rotatable bonds is 9. The van der Waals surface area contributed by atoms with E-state index >= 15 is 0 Å². The highest BCUT2D eigenvalue weighted by Gasteiger charge is 2.09. The topological polar surface area (TPSA) is 64.3 Å². The number of carbonyl (C=O) groups excluding carboxylic acids is 1. The first-order valence-corrected chi connectivity index (χ1v) is 7.85. The molecule has 0 atom stereocenters. The molecule has 0 aliphatic heterocycles. The summed E-state index contributed by atoms with van der Waals surface area (Å²) in [5.74, 6) is 1.10. The number of ether oxygens (including phenoxy) is 1. The molecule has 0 radical (unpaired) electrons. The minimum atomic E-state index is -0.0749. The van der Waals surface area contributed by atoms with Crippen molar-refractivity contribution < 1.29 is 9.53 Å². The van der Waals surface area contributed by atoms with Crippen molar-refractivity contribution in [3.05, 3.63) is 23.8 Å². The lowest BCUT2D eigenvalue weighted by Crippen LogP contribution is -2.25. The minimum absolute atomic E-state index is 0.0749. The fraction of sp³-hybridized carbons (Fsp3) is 0.588. The van der Waals surface area contributed by atoms with Crippen LogP contribution in [-0.4, -0.2) is 19.1 Å². The number of amides is 1. The monoisotopic (exact) mass is 292 g/mol. The molecule has 118 valence electrons. The van der Waals surface area contributed by atoms with Crippen LogP contribution in [0.1, 0.15) is 56.8 Å². The molecule has 0 aliphatic rings. The van der Waals surface area contributed by atoms with Gasteiger partial charge in [0, 0.05) is 12.1 Å². The van der Waals surface area contributed by atoms with Crippen LogP contribution in [0.15, 0.2) is 18.2 Å². The molecule has 3 N–H and O–H groups in total. The molecule has 21 heavy (non-hydrogen) atoms. The number of hydrogen-bond acceptors (Lipinski definition) is 3. The summed E-state index contributed by atoms with van der Waals surface area (Å²) < 4.78 is 5.67. The van der Waals surface area contributed by atoms with Crippen LogP contribution in [0.4, 0.5) is 5.69 Å². The van der Waals surface area contributed by atoms with Crippen molar-refractivity contribution in [2.75, 3.05) is 18.9 Å². The summed E-state index contributed by atoms with van der Waals surface area (Å²) in [7, 11) is 0. The molecule has 1 amide bonds. The van der Waals surface area contributed by atoms with Crippen LogP contribution in [0, 0.1) is 5.92 Å². The molecule has 0 aromatic heterocycles. The van der Waals surface area contributed by atoms with Gasteiger partial charge >= 0.3 is 0 Å². The van der Waals surface area contributed by atoms with Gasteiger partial charge in [0.1, 0.15) is 5.75 Å². The largest absolute Gasteiger partial charge is 0.491 e. The van der Waals surface area contributed by atoms with Gasteiger partial charge in [-0.05, 0) is 37.0 Å². The lowest BCUT2D eigenvalue weighted by molar-refractivity contribution is 0.0951. The molecule has 0 saturated carbocycles. The maximum absolute atomic E-state index is 12.1. The number of benzene rings is 1. The molecule has 4 heteroatoms. The Balaban J connectivity index is 2.56. The van der Waals surface area contributed by atoms with Crippen LogP contribution >= 0.6 is 0 Å². The molecule has 0 fully saturated rings. The zero-order valence-electron chi connectivity index (χ0n) is 13.4. The Kier molecular flexibility index (Phi) is 7.65. The van der Waals surface area contributed by atoms with Crippen LogP contribution in [0.3, 0.4) is 0 Å². The van der Waals surface area contributed by atoms with Gasteiger partial charge in [-0.3, -0.25) is 4.79 Å². The summed E-state index contributed by atoms with van der Waals surface area (Å²) in [6.07, 6.45) is 4.26. The molecule has 0 spiro atoms. The van der Waals surface area contributed by atoms with E-state index in [9.17, 15) is 4.79 Å². The summed E-state index contributed by atoms with van der Waals surface area (Å²) in [5.41, 5.74) is 7.06. The Hall–Kier alpha value is -1.71. The van der Waals surface area contributed by atoms with Crippen molar-refractivity contribution in [3.8, 4) is 5.75 Å². The number of hydrogen-bond donors (Lipinski definition) is 2. The Labute approximate surface area is 128 Å². The second kappa shape index (κ2) is 9.27. The number of unbranched alkanes of at least 4 members (excludes halogenated alkanes) is 2. The molecular weight excluding hydrogens is 264 g/mol. The number of nitrogen functional groups attached to an aromatic ring is 1. The number of nitrogens with two attached hydrogens (primary N) is 1. The van der Waals surface area contributed by atoms with Crippen molar-refractivity contribution in [1.82, 2.24) is 5.32 Å². The molecule has 0 saturated heterocycles. The average Bonchev–Trinajstić information content (AvgIpc) is 2.44. The molecule has 0 unspecified atom stereocenters. The van der Waals surface area contributed by atoms with E-state index in [0.717, 1.165) is 25.7 Å². The number of anilines is 1.